The highest BCUT2D eigenvalue weighted by Gasteiger charge is 2.29. The Kier molecular flexibility index (Phi) is 32.6. The summed E-state index contributed by atoms with van der Waals surface area (Å²) < 4.78 is 20.4. The van der Waals surface area contributed by atoms with Crippen LogP contribution >= 0.6 is 0 Å². The second kappa shape index (κ2) is 35.0. The number of aromatic hydroxyl groups is 2. The highest BCUT2D eigenvalue weighted by molar-refractivity contribution is 5.97. The summed E-state index contributed by atoms with van der Waals surface area (Å²) in [5.41, 5.74) is 7.95. The van der Waals surface area contributed by atoms with Gasteiger partial charge in [-0.3, -0.25) is 9.59 Å². The topological polar surface area (TPSA) is 305 Å². The van der Waals surface area contributed by atoms with E-state index in [-0.39, 0.29) is 71.0 Å². The van der Waals surface area contributed by atoms with Crippen molar-refractivity contribution >= 4 is 54.3 Å². The Morgan fingerprint density at radius 1 is 0.597 bits per heavy atom. The zero-order valence-electron chi connectivity index (χ0n) is 48.2. The molecule has 3 aromatic carbocycles. The maximum absolute atomic E-state index is 12.8. The number of hydrogen-bond acceptors (Lipinski definition) is 16. The molecule has 20 heteroatoms. The van der Waals surface area contributed by atoms with E-state index in [4.69, 9.17) is 39.1 Å². The van der Waals surface area contributed by atoms with Crippen molar-refractivity contribution in [3.63, 3.8) is 0 Å². The van der Waals surface area contributed by atoms with E-state index in [2.05, 4.69) is 81.4 Å². The summed E-state index contributed by atoms with van der Waals surface area (Å²) in [6.45, 7) is 34.0. The van der Waals surface area contributed by atoms with Gasteiger partial charge in [0.05, 0.1) is 17.5 Å². The third-order valence-corrected chi connectivity index (χ3v) is 11.3. The fourth-order valence-corrected chi connectivity index (χ4v) is 6.37. The van der Waals surface area contributed by atoms with Crippen LogP contribution in [0.25, 0.3) is 0 Å². The van der Waals surface area contributed by atoms with E-state index in [9.17, 15) is 34.2 Å². The monoisotopic (exact) mass is 1080 g/mol. The van der Waals surface area contributed by atoms with Gasteiger partial charge in [-0.2, -0.15) is 19.2 Å². The van der Waals surface area contributed by atoms with Crippen LogP contribution in [0.3, 0.4) is 0 Å². The predicted molar refractivity (Wildman–Crippen MR) is 291 cm³/mol. The van der Waals surface area contributed by atoms with Gasteiger partial charge in [0.1, 0.15) is 35.3 Å². The highest BCUT2D eigenvalue weighted by Crippen LogP contribution is 2.32. The van der Waals surface area contributed by atoms with E-state index in [1.54, 1.807) is 38.1 Å². The molecule has 0 saturated heterocycles. The van der Waals surface area contributed by atoms with Gasteiger partial charge in [-0.1, -0.05) is 97.9 Å². The number of nitrogens with one attached hydrogen (secondary N) is 4. The minimum atomic E-state index is -0.916. The summed E-state index contributed by atoms with van der Waals surface area (Å²) in [6.07, 6.45) is 1.51. The van der Waals surface area contributed by atoms with Crippen molar-refractivity contribution in [3.05, 3.63) is 83.4 Å². The average Bonchev–Trinajstić information content (AvgIpc) is 3.27. The second-order valence-electron chi connectivity index (χ2n) is 22.7. The van der Waals surface area contributed by atoms with Gasteiger partial charge in [0.15, 0.2) is 0 Å². The Morgan fingerprint density at radius 3 is 1.38 bits per heavy atom. The number of hydrogen-bond donors (Lipinski definition) is 7. The number of phenolic OH excluding ortho intramolecular Hbond substituents is 2. The van der Waals surface area contributed by atoms with E-state index < -0.39 is 41.4 Å². The zero-order chi connectivity index (χ0) is 59.9. The number of phenols is 2. The Bertz CT molecular complexity index is 2310. The molecule has 5 atom stereocenters. The van der Waals surface area contributed by atoms with Crippen LogP contribution in [-0.2, 0) is 67.2 Å². The minimum absolute atomic E-state index is 0.0301. The number of alkyl carbamates (subject to hydrolysis) is 3. The summed E-state index contributed by atoms with van der Waals surface area (Å²) >= 11 is 0. The van der Waals surface area contributed by atoms with Crippen LogP contribution in [0.15, 0.2) is 66.7 Å². The number of carbonyl (C=O) groups is 5. The molecule has 3 unspecified atom stereocenters. The number of benzene rings is 3. The van der Waals surface area contributed by atoms with Crippen molar-refractivity contribution in [2.75, 3.05) is 11.1 Å². The van der Waals surface area contributed by atoms with Gasteiger partial charge in [-0.05, 0) is 152 Å². The molecule has 0 spiro atoms. The van der Waals surface area contributed by atoms with Crippen LogP contribution in [0, 0.1) is 22.7 Å². The highest BCUT2D eigenvalue weighted by atomic mass is 16.6. The van der Waals surface area contributed by atoms with Crippen LogP contribution in [0.2, 0.25) is 0 Å². The maximum atomic E-state index is 12.8. The molecule has 20 nitrogen and oxygen atoms in total. The third-order valence-electron chi connectivity index (χ3n) is 11.3. The number of nitrogen functional groups attached to an aromatic ring is 1. The van der Waals surface area contributed by atoms with Gasteiger partial charge in [0.25, 0.3) is 6.47 Å². The lowest BCUT2D eigenvalue weighted by molar-refractivity contribution is -0.193. The van der Waals surface area contributed by atoms with Crippen molar-refractivity contribution < 1.29 is 72.3 Å². The molecule has 0 aliphatic carbocycles. The molecule has 4 amide bonds. The number of amides is 4. The van der Waals surface area contributed by atoms with Gasteiger partial charge < -0.3 is 56.2 Å². The third kappa shape index (κ3) is 35.5. The largest absolute Gasteiger partial charge is 0.506 e. The fraction of sp³-hybridized carbons (Fsp3) is 0.561. The van der Waals surface area contributed by atoms with Crippen LogP contribution < -0.4 is 27.0 Å². The molecule has 0 bridgehead atoms. The van der Waals surface area contributed by atoms with Crippen molar-refractivity contribution in [2.45, 2.75) is 185 Å². The van der Waals surface area contributed by atoms with E-state index >= 15 is 0 Å². The van der Waals surface area contributed by atoms with E-state index in [0.717, 1.165) is 23.1 Å². The Balaban J connectivity index is 0. The first-order valence-electron chi connectivity index (χ1n) is 25.2. The van der Waals surface area contributed by atoms with Gasteiger partial charge in [0.2, 0.25) is 5.91 Å². The molecule has 0 heterocycles. The van der Waals surface area contributed by atoms with E-state index in [0.29, 0.717) is 37.3 Å². The predicted octanol–water partition coefficient (Wildman–Crippen LogP) is 10.0. The Hall–Kier alpha value is -7.43. The molecule has 0 aromatic heterocycles. The van der Waals surface area contributed by atoms with E-state index in [1.165, 1.54) is 13.0 Å². The Labute approximate surface area is 455 Å². The smallest absolute Gasteiger partial charge is 0.408 e. The molecule has 8 N–H and O–H groups in total. The summed E-state index contributed by atoms with van der Waals surface area (Å²) in [4.78, 5) is 91.6. The van der Waals surface area contributed by atoms with Gasteiger partial charge in [-0.15, -0.1) is 0 Å². The average molecular weight is 1080 g/mol. The fourth-order valence-electron chi connectivity index (χ4n) is 6.37. The zero-order valence-corrected chi connectivity index (χ0v) is 48.2. The van der Waals surface area contributed by atoms with Gasteiger partial charge in [-0.25, -0.2) is 14.4 Å². The van der Waals surface area contributed by atoms with Crippen molar-refractivity contribution in [1.82, 2.24) is 16.0 Å². The van der Waals surface area contributed by atoms with Crippen molar-refractivity contribution in [3.8, 4) is 11.5 Å². The molecule has 0 aliphatic heterocycles. The van der Waals surface area contributed by atoms with Crippen molar-refractivity contribution in [2.24, 2.45) is 22.7 Å². The quantitative estimate of drug-likeness (QED) is 0.0286. The lowest BCUT2D eigenvalue weighted by Gasteiger charge is -2.32. The Morgan fingerprint density at radius 2 is 1.01 bits per heavy atom. The summed E-state index contributed by atoms with van der Waals surface area (Å²) in [5, 5.41) is 31.1. The van der Waals surface area contributed by atoms with Gasteiger partial charge in [0, 0.05) is 12.1 Å². The SMILES string of the molecule is CC(C)OC=O.CC(C[C@H](Cc1ccc(O)c(N)c1)NC(=O)OC(C)(C)C)C(C)(C)C.CC(NC(=O)OCc1ccccc1)C(=O)Nc1cc(C[C@@H](CC(C)C(C)(C)C)NC(=O)OC(C)(C)C)ccc1O.O=C=O.O=C=O. The number of rotatable bonds is 17. The lowest BCUT2D eigenvalue weighted by Crippen LogP contribution is -2.42. The standard InChI is InChI=1S/C31H45N3O6.C20H34N2O3.C4H8O2.2CO2/c1-20(30(3,4)5)16-24(33-29(38)40-31(6,7)8)17-23-14-15-26(35)25(18-23)34-27(36)21(2)32-28(37)39-19-22-12-10-9-11-13-22;1-13(19(2,3)4)10-15(22-18(24)25-20(5,6)7)11-14-8-9-17(23)16(21)12-14;1-4(2)6-3-5;2*2-1-3/h9-15,18,20-21,24,35H,16-17,19H2,1-8H3,(H,32,37)(H,33,38)(H,34,36);8-9,12-13,15,23H,10-11,21H2,1-7H3,(H,22,24);3-4H,1-2H3;;/t20?,21?,24-;13?,15-;;;/m11.../s1. The molecular weight excluding hydrogens is 995 g/mol. The van der Waals surface area contributed by atoms with Crippen LogP contribution in [0.4, 0.5) is 25.8 Å². The van der Waals surface area contributed by atoms with Crippen LogP contribution in [0.1, 0.15) is 147 Å². The molecule has 3 aromatic rings. The first-order valence-corrected chi connectivity index (χ1v) is 25.2. The molecular formula is C57H87N5O15. The molecule has 0 fully saturated rings. The number of anilines is 2. The molecule has 430 valence electrons. The molecule has 0 radical (unpaired) electrons. The van der Waals surface area contributed by atoms with Crippen molar-refractivity contribution in [1.29, 1.82) is 0 Å². The second-order valence-corrected chi connectivity index (χ2v) is 22.7. The summed E-state index contributed by atoms with van der Waals surface area (Å²) in [7, 11) is 0. The molecule has 3 rings (SSSR count). The lowest BCUT2D eigenvalue weighted by atomic mass is 9.78. The first kappa shape index (κ1) is 71.6. The molecule has 0 saturated carbocycles. The minimum Gasteiger partial charge on any atom is -0.506 e. The van der Waals surface area contributed by atoms with E-state index in [1.807, 2.05) is 77.9 Å². The molecule has 0 aliphatic rings. The normalized spacial score (nSPS) is 12.9. The first-order chi connectivity index (χ1) is 35.4. The van der Waals surface area contributed by atoms with Crippen LogP contribution in [-0.4, -0.2) is 88.6 Å². The maximum Gasteiger partial charge on any atom is 0.408 e. The van der Waals surface area contributed by atoms with Gasteiger partial charge >= 0.3 is 30.6 Å². The summed E-state index contributed by atoms with van der Waals surface area (Å²) in [5.74, 6) is 0.132. The summed E-state index contributed by atoms with van der Waals surface area (Å²) in [6, 6.07) is 18.1. The number of nitrogens with two attached hydrogens (primary N) is 1. The van der Waals surface area contributed by atoms with Crippen LogP contribution in [0.5, 0.6) is 11.5 Å². The number of ether oxygens (including phenoxy) is 4. The molecule has 77 heavy (non-hydrogen) atoms. The number of carbonyl (C=O) groups excluding carboxylic acids is 9.